The Balaban J connectivity index is 2.14. The molecule has 7 heteroatoms. The Kier molecular flexibility index (Phi) is 4.03. The summed E-state index contributed by atoms with van der Waals surface area (Å²) in [6.45, 7) is -0.0896. The average molecular weight is 336 g/mol. The third kappa shape index (κ3) is 4.12. The molecule has 0 spiro atoms. The highest BCUT2D eigenvalue weighted by Gasteiger charge is 2.33. The molecule has 0 saturated heterocycles. The van der Waals surface area contributed by atoms with E-state index in [0.29, 0.717) is 10.5 Å². The Morgan fingerprint density at radius 3 is 2.68 bits per heavy atom. The third-order valence-electron chi connectivity index (χ3n) is 2.73. The molecule has 3 nitrogen and oxygen atoms in total. The summed E-state index contributed by atoms with van der Waals surface area (Å²) in [4.78, 5) is 3.95. The van der Waals surface area contributed by atoms with Crippen molar-refractivity contribution in [2.45, 2.75) is 31.6 Å². The first-order valence-corrected chi connectivity index (χ1v) is 6.57. The number of benzene rings is 1. The largest absolute Gasteiger partial charge is 0.416 e. The van der Waals surface area contributed by atoms with Crippen LogP contribution in [0.4, 0.5) is 13.2 Å². The number of halogens is 4. The molecule has 0 aliphatic heterocycles. The van der Waals surface area contributed by atoms with Crippen LogP contribution in [0.3, 0.4) is 0 Å². The number of nitrogens with zero attached hydrogens (tertiary/aromatic N) is 1. The van der Waals surface area contributed by atoms with Gasteiger partial charge in [0.1, 0.15) is 0 Å². The van der Waals surface area contributed by atoms with E-state index in [2.05, 4.69) is 26.2 Å². The van der Waals surface area contributed by atoms with Gasteiger partial charge in [-0.05, 0) is 30.5 Å². The van der Waals surface area contributed by atoms with Gasteiger partial charge in [0, 0.05) is 10.5 Å². The second-order valence-electron chi connectivity index (χ2n) is 4.42. The lowest BCUT2D eigenvalue weighted by atomic mass is 10.1. The van der Waals surface area contributed by atoms with Crippen LogP contribution in [0.5, 0.6) is 0 Å². The van der Waals surface area contributed by atoms with Crippen molar-refractivity contribution in [3.63, 3.8) is 0 Å². The van der Waals surface area contributed by atoms with Crippen LogP contribution in [-0.2, 0) is 12.7 Å². The Labute approximate surface area is 117 Å². The first-order valence-electron chi connectivity index (χ1n) is 5.78. The van der Waals surface area contributed by atoms with Gasteiger partial charge in [0.25, 0.3) is 0 Å². The van der Waals surface area contributed by atoms with Gasteiger partial charge in [0.2, 0.25) is 0 Å². The van der Waals surface area contributed by atoms with Crippen molar-refractivity contribution in [2.24, 2.45) is 10.7 Å². The Hall–Kier alpha value is -1.24. The summed E-state index contributed by atoms with van der Waals surface area (Å²) in [6.07, 6.45) is -2.34. The predicted molar refractivity (Wildman–Crippen MR) is 70.6 cm³/mol. The lowest BCUT2D eigenvalue weighted by Crippen LogP contribution is -2.33. The number of nitrogens with two attached hydrogens (primary N) is 1. The van der Waals surface area contributed by atoms with Crippen molar-refractivity contribution < 1.29 is 13.2 Å². The van der Waals surface area contributed by atoms with Gasteiger partial charge in [0.15, 0.2) is 5.96 Å². The highest BCUT2D eigenvalue weighted by molar-refractivity contribution is 9.10. The van der Waals surface area contributed by atoms with Crippen molar-refractivity contribution in [1.82, 2.24) is 5.32 Å². The number of hydrogen-bond donors (Lipinski definition) is 2. The van der Waals surface area contributed by atoms with Gasteiger partial charge in [-0.1, -0.05) is 22.0 Å². The number of guanidine groups is 1. The summed E-state index contributed by atoms with van der Waals surface area (Å²) < 4.78 is 39.0. The number of aliphatic imine (C=N–C) groups is 1. The number of nitrogens with one attached hydrogen (secondary N) is 1. The maximum absolute atomic E-state index is 12.9. The topological polar surface area (TPSA) is 50.4 Å². The number of rotatable bonds is 3. The minimum Gasteiger partial charge on any atom is -0.370 e. The van der Waals surface area contributed by atoms with Gasteiger partial charge in [0.05, 0.1) is 12.1 Å². The first-order chi connectivity index (χ1) is 8.86. The van der Waals surface area contributed by atoms with E-state index in [-0.39, 0.29) is 18.1 Å². The van der Waals surface area contributed by atoms with Crippen LogP contribution in [0.2, 0.25) is 0 Å². The fourth-order valence-corrected chi connectivity index (χ4v) is 1.96. The summed E-state index contributed by atoms with van der Waals surface area (Å²) in [5, 5.41) is 2.93. The van der Waals surface area contributed by atoms with E-state index >= 15 is 0 Å². The molecule has 1 fully saturated rings. The smallest absolute Gasteiger partial charge is 0.370 e. The first kappa shape index (κ1) is 14.2. The fraction of sp³-hybridized carbons (Fsp3) is 0.417. The van der Waals surface area contributed by atoms with Gasteiger partial charge < -0.3 is 11.1 Å². The second kappa shape index (κ2) is 5.40. The Morgan fingerprint density at radius 1 is 1.42 bits per heavy atom. The van der Waals surface area contributed by atoms with E-state index in [0.717, 1.165) is 18.9 Å². The van der Waals surface area contributed by atoms with Crippen LogP contribution in [-0.4, -0.2) is 12.0 Å². The molecule has 1 aliphatic carbocycles. The molecule has 0 radical (unpaired) electrons. The van der Waals surface area contributed by atoms with Crippen molar-refractivity contribution in [2.75, 3.05) is 0 Å². The molecular weight excluding hydrogens is 323 g/mol. The quantitative estimate of drug-likeness (QED) is 0.659. The van der Waals surface area contributed by atoms with E-state index in [4.69, 9.17) is 5.73 Å². The molecule has 1 aromatic carbocycles. The molecule has 0 aromatic heterocycles. The van der Waals surface area contributed by atoms with E-state index in [9.17, 15) is 13.2 Å². The molecule has 1 saturated carbocycles. The zero-order valence-electron chi connectivity index (χ0n) is 9.97. The van der Waals surface area contributed by atoms with Gasteiger partial charge in [-0.3, -0.25) is 0 Å². The van der Waals surface area contributed by atoms with Gasteiger partial charge in [-0.2, -0.15) is 13.2 Å². The zero-order chi connectivity index (χ0) is 14.0. The van der Waals surface area contributed by atoms with Crippen LogP contribution >= 0.6 is 15.9 Å². The minimum atomic E-state index is -4.40. The lowest BCUT2D eigenvalue weighted by molar-refractivity contribution is -0.138. The maximum Gasteiger partial charge on any atom is 0.416 e. The Morgan fingerprint density at radius 2 is 2.11 bits per heavy atom. The van der Waals surface area contributed by atoms with Crippen LogP contribution in [0.1, 0.15) is 24.0 Å². The van der Waals surface area contributed by atoms with Gasteiger partial charge >= 0.3 is 6.18 Å². The van der Waals surface area contributed by atoms with E-state index in [1.165, 1.54) is 6.07 Å². The molecule has 0 atom stereocenters. The molecule has 104 valence electrons. The summed E-state index contributed by atoms with van der Waals surface area (Å²) in [5.74, 6) is 0.193. The zero-order valence-corrected chi connectivity index (χ0v) is 11.6. The van der Waals surface area contributed by atoms with Crippen LogP contribution < -0.4 is 11.1 Å². The molecule has 1 aliphatic rings. The minimum absolute atomic E-state index is 0.0896. The number of hydrogen-bond acceptors (Lipinski definition) is 1. The van der Waals surface area contributed by atoms with Crippen molar-refractivity contribution >= 4 is 21.9 Å². The second-order valence-corrected chi connectivity index (χ2v) is 5.33. The average Bonchev–Trinajstić information content (AvgIpc) is 3.10. The summed E-state index contributed by atoms with van der Waals surface area (Å²) in [7, 11) is 0. The highest BCUT2D eigenvalue weighted by Crippen LogP contribution is 2.34. The third-order valence-corrected chi connectivity index (χ3v) is 3.22. The molecule has 0 unspecified atom stereocenters. The summed E-state index contributed by atoms with van der Waals surface area (Å²) >= 11 is 3.04. The highest BCUT2D eigenvalue weighted by atomic mass is 79.9. The Bertz CT molecular complexity index is 495. The molecule has 19 heavy (non-hydrogen) atoms. The molecule has 1 aromatic rings. The molecule has 3 N–H and O–H groups in total. The van der Waals surface area contributed by atoms with Gasteiger partial charge in [-0.15, -0.1) is 0 Å². The summed E-state index contributed by atoms with van der Waals surface area (Å²) in [5.41, 5.74) is 5.02. The normalized spacial score (nSPS) is 16.5. The predicted octanol–water partition coefficient (Wildman–Crippen LogP) is 3.03. The van der Waals surface area contributed by atoms with Crippen molar-refractivity contribution in [3.8, 4) is 0 Å². The SMILES string of the molecule is NC(=NCc1ccc(Br)cc1C(F)(F)F)NC1CC1. The van der Waals surface area contributed by atoms with Crippen LogP contribution in [0.25, 0.3) is 0 Å². The molecule has 2 rings (SSSR count). The number of alkyl halides is 3. The molecule has 0 amide bonds. The van der Waals surface area contributed by atoms with E-state index < -0.39 is 11.7 Å². The standard InChI is InChI=1S/C12H13BrF3N3/c13-8-2-1-7(10(5-8)12(14,15)16)6-18-11(17)19-9-3-4-9/h1-2,5,9H,3-4,6H2,(H3,17,18,19). The molecule has 0 heterocycles. The summed E-state index contributed by atoms with van der Waals surface area (Å²) in [6, 6.07) is 4.34. The van der Waals surface area contributed by atoms with Crippen LogP contribution in [0.15, 0.2) is 27.7 Å². The van der Waals surface area contributed by atoms with E-state index in [1.807, 2.05) is 0 Å². The van der Waals surface area contributed by atoms with Crippen LogP contribution in [0, 0.1) is 0 Å². The fourth-order valence-electron chi connectivity index (χ4n) is 1.60. The van der Waals surface area contributed by atoms with Crippen molar-refractivity contribution in [3.05, 3.63) is 33.8 Å². The maximum atomic E-state index is 12.9. The monoisotopic (exact) mass is 335 g/mol. The lowest BCUT2D eigenvalue weighted by Gasteiger charge is -2.12. The van der Waals surface area contributed by atoms with Gasteiger partial charge in [-0.25, -0.2) is 4.99 Å². The van der Waals surface area contributed by atoms with E-state index in [1.54, 1.807) is 6.07 Å². The van der Waals surface area contributed by atoms with Crippen molar-refractivity contribution in [1.29, 1.82) is 0 Å². The molecule has 0 bridgehead atoms. The molecular formula is C12H13BrF3N3.